The fraction of sp³-hybridized carbons (Fsp3) is 0.375. The third-order valence-electron chi connectivity index (χ3n) is 1.91. The van der Waals surface area contributed by atoms with Gasteiger partial charge in [-0.15, -0.1) is 0 Å². The summed E-state index contributed by atoms with van der Waals surface area (Å²) in [6, 6.07) is 0. The van der Waals surface area contributed by atoms with Crippen LogP contribution in [-0.4, -0.2) is 20.9 Å². The number of anilines is 1. The Kier molecular flexibility index (Phi) is 2.85. The van der Waals surface area contributed by atoms with E-state index in [4.69, 9.17) is 18.0 Å². The lowest BCUT2D eigenvalue weighted by Crippen LogP contribution is -2.41. The molecular formula is C8H12N4OS. The molecule has 14 heavy (non-hydrogen) atoms. The number of aromatic nitrogens is 2. The maximum Gasteiger partial charge on any atom is 0.239 e. The van der Waals surface area contributed by atoms with Gasteiger partial charge in [-0.2, -0.15) is 0 Å². The Balaban J connectivity index is 2.72. The highest BCUT2D eigenvalue weighted by atomic mass is 32.1. The van der Waals surface area contributed by atoms with Crippen molar-refractivity contribution in [2.24, 2.45) is 11.1 Å². The molecule has 6 heteroatoms. The van der Waals surface area contributed by atoms with Crippen LogP contribution >= 0.6 is 12.2 Å². The van der Waals surface area contributed by atoms with Crippen molar-refractivity contribution in [2.75, 3.05) is 5.32 Å². The van der Waals surface area contributed by atoms with E-state index in [9.17, 15) is 4.79 Å². The predicted molar refractivity (Wildman–Crippen MR) is 57.8 cm³/mol. The van der Waals surface area contributed by atoms with Crippen LogP contribution in [0.1, 0.15) is 13.8 Å². The number of H-pyrrole nitrogens is 1. The number of thiocarbonyl (C=S) groups is 1. The minimum Gasteiger partial charge on any atom is -0.392 e. The molecule has 0 saturated carbocycles. The van der Waals surface area contributed by atoms with Gasteiger partial charge in [-0.3, -0.25) is 10.1 Å². The van der Waals surface area contributed by atoms with Gasteiger partial charge in [0.15, 0.2) is 0 Å². The Morgan fingerprint density at radius 2 is 2.36 bits per heavy atom. The van der Waals surface area contributed by atoms with E-state index in [-0.39, 0.29) is 10.9 Å². The SMILES string of the molecule is CC(C)(C(=O)Nc1ncc[nH]1)C(N)=S. The van der Waals surface area contributed by atoms with E-state index in [2.05, 4.69) is 15.3 Å². The Bertz CT molecular complexity index is 344. The number of hydrogen-bond acceptors (Lipinski definition) is 3. The summed E-state index contributed by atoms with van der Waals surface area (Å²) in [7, 11) is 0. The summed E-state index contributed by atoms with van der Waals surface area (Å²) in [6.45, 7) is 3.32. The highest BCUT2D eigenvalue weighted by Gasteiger charge is 2.31. The van der Waals surface area contributed by atoms with Gasteiger partial charge in [-0.25, -0.2) is 4.98 Å². The standard InChI is InChI=1S/C8H12N4OS/c1-8(2,5(9)14)6(13)12-7-10-3-4-11-7/h3-4H,1-2H3,(H2,9,14)(H2,10,11,12,13). The molecule has 0 spiro atoms. The van der Waals surface area contributed by atoms with Gasteiger partial charge in [0.25, 0.3) is 0 Å². The van der Waals surface area contributed by atoms with Crippen molar-refractivity contribution in [3.63, 3.8) is 0 Å². The molecule has 0 bridgehead atoms. The fourth-order valence-electron chi connectivity index (χ4n) is 0.709. The second-order valence-electron chi connectivity index (χ2n) is 3.38. The molecule has 0 atom stereocenters. The zero-order chi connectivity index (χ0) is 10.8. The number of nitrogens with one attached hydrogen (secondary N) is 2. The van der Waals surface area contributed by atoms with Gasteiger partial charge in [0.2, 0.25) is 11.9 Å². The van der Waals surface area contributed by atoms with Gasteiger partial charge in [0.1, 0.15) is 0 Å². The molecule has 4 N–H and O–H groups in total. The number of carbonyl (C=O) groups excluding carboxylic acids is 1. The lowest BCUT2D eigenvalue weighted by molar-refractivity contribution is -0.121. The zero-order valence-electron chi connectivity index (χ0n) is 8.00. The minimum absolute atomic E-state index is 0.154. The first-order valence-electron chi connectivity index (χ1n) is 4.05. The van der Waals surface area contributed by atoms with Crippen LogP contribution in [0.15, 0.2) is 12.4 Å². The average Bonchev–Trinajstić information content (AvgIpc) is 2.56. The van der Waals surface area contributed by atoms with E-state index in [1.165, 1.54) is 0 Å². The van der Waals surface area contributed by atoms with Crippen molar-refractivity contribution in [1.82, 2.24) is 9.97 Å². The van der Waals surface area contributed by atoms with Crippen LogP contribution in [0.4, 0.5) is 5.95 Å². The van der Waals surface area contributed by atoms with Crippen molar-refractivity contribution in [2.45, 2.75) is 13.8 Å². The van der Waals surface area contributed by atoms with Crippen molar-refractivity contribution >= 4 is 29.1 Å². The molecule has 0 radical (unpaired) electrons. The maximum atomic E-state index is 11.6. The highest BCUT2D eigenvalue weighted by molar-refractivity contribution is 7.80. The van der Waals surface area contributed by atoms with Gasteiger partial charge in [-0.05, 0) is 13.8 Å². The van der Waals surface area contributed by atoms with Crippen LogP contribution in [0.2, 0.25) is 0 Å². The van der Waals surface area contributed by atoms with E-state index in [0.29, 0.717) is 5.95 Å². The second-order valence-corrected chi connectivity index (χ2v) is 3.82. The summed E-state index contributed by atoms with van der Waals surface area (Å²) in [6.07, 6.45) is 3.16. The molecule has 0 aromatic carbocycles. The molecule has 0 saturated heterocycles. The van der Waals surface area contributed by atoms with Crippen molar-refractivity contribution in [1.29, 1.82) is 0 Å². The molecule has 1 amide bonds. The summed E-state index contributed by atoms with van der Waals surface area (Å²) in [5.74, 6) is 0.110. The van der Waals surface area contributed by atoms with Crippen LogP contribution < -0.4 is 11.1 Å². The lowest BCUT2D eigenvalue weighted by atomic mass is 9.92. The quantitative estimate of drug-likeness (QED) is 0.643. The number of nitrogens with zero attached hydrogens (tertiary/aromatic N) is 1. The van der Waals surface area contributed by atoms with Gasteiger partial charge >= 0.3 is 0 Å². The summed E-state index contributed by atoms with van der Waals surface area (Å²) in [5.41, 5.74) is 4.57. The number of nitrogens with two attached hydrogens (primary N) is 1. The fourth-order valence-corrected chi connectivity index (χ4v) is 0.802. The number of imidazole rings is 1. The van der Waals surface area contributed by atoms with Crippen LogP contribution in [0, 0.1) is 5.41 Å². The summed E-state index contributed by atoms with van der Waals surface area (Å²) in [5, 5.41) is 2.57. The van der Waals surface area contributed by atoms with Crippen LogP contribution in [0.3, 0.4) is 0 Å². The summed E-state index contributed by atoms with van der Waals surface area (Å²) < 4.78 is 0. The average molecular weight is 212 g/mol. The Labute approximate surface area is 87.1 Å². The molecule has 0 aliphatic rings. The Morgan fingerprint density at radius 3 is 2.79 bits per heavy atom. The molecule has 1 rings (SSSR count). The van der Waals surface area contributed by atoms with Gasteiger partial charge in [0.05, 0.1) is 10.4 Å². The smallest absolute Gasteiger partial charge is 0.239 e. The molecular weight excluding hydrogens is 200 g/mol. The molecule has 5 nitrogen and oxygen atoms in total. The monoisotopic (exact) mass is 212 g/mol. The molecule has 0 unspecified atom stereocenters. The lowest BCUT2D eigenvalue weighted by Gasteiger charge is -2.20. The highest BCUT2D eigenvalue weighted by Crippen LogP contribution is 2.17. The third kappa shape index (κ3) is 2.08. The molecule has 76 valence electrons. The number of rotatable bonds is 3. The third-order valence-corrected chi connectivity index (χ3v) is 2.42. The first kappa shape index (κ1) is 10.6. The minimum atomic E-state index is -0.873. The largest absolute Gasteiger partial charge is 0.392 e. The Morgan fingerprint density at radius 1 is 1.71 bits per heavy atom. The number of hydrogen-bond donors (Lipinski definition) is 3. The van der Waals surface area contributed by atoms with E-state index >= 15 is 0 Å². The number of carbonyl (C=O) groups is 1. The van der Waals surface area contributed by atoms with Crippen LogP contribution in [0.25, 0.3) is 0 Å². The van der Waals surface area contributed by atoms with Gasteiger partial charge < -0.3 is 10.7 Å². The van der Waals surface area contributed by atoms with E-state index in [0.717, 1.165) is 0 Å². The topological polar surface area (TPSA) is 83.8 Å². The van der Waals surface area contributed by atoms with E-state index < -0.39 is 5.41 Å². The second kappa shape index (κ2) is 3.75. The van der Waals surface area contributed by atoms with Crippen LogP contribution in [-0.2, 0) is 4.79 Å². The normalized spacial score (nSPS) is 11.0. The van der Waals surface area contributed by atoms with E-state index in [1.54, 1.807) is 26.2 Å². The number of amides is 1. The molecule has 0 aliphatic heterocycles. The van der Waals surface area contributed by atoms with Crippen molar-refractivity contribution in [3.8, 4) is 0 Å². The molecule has 1 aromatic rings. The predicted octanol–water partition coefficient (Wildman–Crippen LogP) is 0.661. The van der Waals surface area contributed by atoms with Crippen molar-refractivity contribution in [3.05, 3.63) is 12.4 Å². The first-order valence-corrected chi connectivity index (χ1v) is 4.46. The molecule has 0 fully saturated rings. The molecule has 1 heterocycles. The first-order chi connectivity index (χ1) is 6.44. The van der Waals surface area contributed by atoms with Gasteiger partial charge in [-0.1, -0.05) is 12.2 Å². The van der Waals surface area contributed by atoms with Gasteiger partial charge in [0, 0.05) is 12.4 Å². The maximum absolute atomic E-state index is 11.6. The van der Waals surface area contributed by atoms with Crippen LogP contribution in [0.5, 0.6) is 0 Å². The number of aromatic amines is 1. The summed E-state index contributed by atoms with van der Waals surface area (Å²) in [4.78, 5) is 18.4. The molecule has 1 aromatic heterocycles. The molecule has 0 aliphatic carbocycles. The zero-order valence-corrected chi connectivity index (χ0v) is 8.81. The summed E-state index contributed by atoms with van der Waals surface area (Å²) >= 11 is 4.79. The van der Waals surface area contributed by atoms with Crippen molar-refractivity contribution < 1.29 is 4.79 Å². The van der Waals surface area contributed by atoms with E-state index in [1.807, 2.05) is 0 Å². The Hall–Kier alpha value is -1.43.